The third-order valence-corrected chi connectivity index (χ3v) is 6.34. The zero-order chi connectivity index (χ0) is 15.9. The molecule has 0 bridgehead atoms. The average Bonchev–Trinajstić information content (AvgIpc) is 2.68. The molecule has 1 aliphatic heterocycles. The van der Waals surface area contributed by atoms with Gasteiger partial charge in [0.05, 0.1) is 16.4 Å². The largest absolute Gasteiger partial charge is 0.501 e. The summed E-state index contributed by atoms with van der Waals surface area (Å²) in [6.45, 7) is 0. The predicted octanol–water partition coefficient (Wildman–Crippen LogP) is 1.58. The van der Waals surface area contributed by atoms with Gasteiger partial charge < -0.3 is 5.32 Å². The molecule has 1 atom stereocenters. The van der Waals surface area contributed by atoms with Gasteiger partial charge >= 0.3 is 5.51 Å². The monoisotopic (exact) mass is 343 g/mol. The molecule has 1 aliphatic rings. The summed E-state index contributed by atoms with van der Waals surface area (Å²) in [7, 11) is -8.44. The van der Waals surface area contributed by atoms with Crippen LogP contribution in [0.4, 0.5) is 18.9 Å². The molecule has 21 heavy (non-hydrogen) atoms. The first-order valence-corrected chi connectivity index (χ1v) is 9.20. The standard InChI is InChI=1S/C11H12F3NO4S2/c12-11(13,14)21(18,19)10-3-1-8(2-4-10)15-9-5-6-20(16,17)7-9/h1-4,9,15H,5-7H2. The Kier molecular flexibility index (Phi) is 3.96. The van der Waals surface area contributed by atoms with Gasteiger partial charge in [0.25, 0.3) is 9.84 Å². The fourth-order valence-electron chi connectivity index (χ4n) is 2.01. The highest BCUT2D eigenvalue weighted by Gasteiger charge is 2.46. The molecule has 2 rings (SSSR count). The number of halogens is 3. The SMILES string of the molecule is O=S1(=O)CCC(Nc2ccc(S(=O)(=O)C(F)(F)F)cc2)C1. The van der Waals surface area contributed by atoms with Gasteiger partial charge in [-0.2, -0.15) is 13.2 Å². The highest BCUT2D eigenvalue weighted by molar-refractivity contribution is 7.92. The second-order valence-electron chi connectivity index (χ2n) is 4.72. The summed E-state index contributed by atoms with van der Waals surface area (Å²) >= 11 is 0. The number of nitrogens with one attached hydrogen (secondary N) is 1. The van der Waals surface area contributed by atoms with Gasteiger partial charge in [-0.3, -0.25) is 0 Å². The molecule has 5 nitrogen and oxygen atoms in total. The Morgan fingerprint density at radius 2 is 1.71 bits per heavy atom. The van der Waals surface area contributed by atoms with Gasteiger partial charge in [-0.05, 0) is 30.7 Å². The molecular weight excluding hydrogens is 331 g/mol. The minimum atomic E-state index is -5.36. The Morgan fingerprint density at radius 1 is 1.14 bits per heavy atom. The van der Waals surface area contributed by atoms with Gasteiger partial charge in [-0.15, -0.1) is 0 Å². The number of hydrogen-bond donors (Lipinski definition) is 1. The van der Waals surface area contributed by atoms with Crippen LogP contribution in [0.1, 0.15) is 6.42 Å². The molecule has 1 N–H and O–H groups in total. The third kappa shape index (κ3) is 3.49. The molecule has 10 heteroatoms. The zero-order valence-electron chi connectivity index (χ0n) is 10.6. The first-order chi connectivity index (χ1) is 9.51. The van der Waals surface area contributed by atoms with E-state index >= 15 is 0 Å². The van der Waals surface area contributed by atoms with Crippen LogP contribution in [0.15, 0.2) is 29.2 Å². The van der Waals surface area contributed by atoms with Crippen molar-refractivity contribution in [3.05, 3.63) is 24.3 Å². The molecule has 0 radical (unpaired) electrons. The minimum absolute atomic E-state index is 0.0460. The van der Waals surface area contributed by atoms with Crippen molar-refractivity contribution in [1.82, 2.24) is 0 Å². The fraction of sp³-hybridized carbons (Fsp3) is 0.455. The van der Waals surface area contributed by atoms with Crippen molar-refractivity contribution < 1.29 is 30.0 Å². The molecule has 118 valence electrons. The number of alkyl halides is 3. The van der Waals surface area contributed by atoms with Crippen LogP contribution in [-0.4, -0.2) is 39.9 Å². The summed E-state index contributed by atoms with van der Waals surface area (Å²) < 4.78 is 82.0. The maximum Gasteiger partial charge on any atom is 0.501 e. The average molecular weight is 343 g/mol. The molecule has 1 fully saturated rings. The molecule has 0 saturated carbocycles. The molecule has 0 aromatic heterocycles. The van der Waals surface area contributed by atoms with Crippen LogP contribution in [0, 0.1) is 0 Å². The Balaban J connectivity index is 2.14. The molecule has 1 aromatic rings. The molecule has 1 aromatic carbocycles. The van der Waals surface area contributed by atoms with Crippen LogP contribution in [0.3, 0.4) is 0 Å². The van der Waals surface area contributed by atoms with E-state index in [1.165, 1.54) is 12.1 Å². The van der Waals surface area contributed by atoms with Gasteiger partial charge in [0.15, 0.2) is 9.84 Å². The van der Waals surface area contributed by atoms with Crippen molar-refractivity contribution in [3.63, 3.8) is 0 Å². The highest BCUT2D eigenvalue weighted by atomic mass is 32.2. The first-order valence-electron chi connectivity index (χ1n) is 5.90. The van der Waals surface area contributed by atoms with E-state index in [0.717, 1.165) is 12.1 Å². The minimum Gasteiger partial charge on any atom is -0.381 e. The summed E-state index contributed by atoms with van der Waals surface area (Å²) in [5.41, 5.74) is -4.97. The smallest absolute Gasteiger partial charge is 0.381 e. The highest BCUT2D eigenvalue weighted by Crippen LogP contribution is 2.30. The summed E-state index contributed by atoms with van der Waals surface area (Å²) in [5, 5.41) is 2.86. The van der Waals surface area contributed by atoms with E-state index in [-0.39, 0.29) is 17.5 Å². The number of hydrogen-bond acceptors (Lipinski definition) is 5. The van der Waals surface area contributed by atoms with E-state index in [0.29, 0.717) is 12.1 Å². The second-order valence-corrected chi connectivity index (χ2v) is 8.89. The van der Waals surface area contributed by atoms with Crippen molar-refractivity contribution >= 4 is 25.4 Å². The van der Waals surface area contributed by atoms with Crippen LogP contribution < -0.4 is 5.32 Å². The molecule has 0 spiro atoms. The van der Waals surface area contributed by atoms with Crippen LogP contribution in [0.25, 0.3) is 0 Å². The van der Waals surface area contributed by atoms with Gasteiger partial charge in [-0.25, -0.2) is 16.8 Å². The lowest BCUT2D eigenvalue weighted by molar-refractivity contribution is -0.0436. The maximum atomic E-state index is 12.4. The van der Waals surface area contributed by atoms with E-state index in [1.807, 2.05) is 0 Å². The van der Waals surface area contributed by atoms with E-state index < -0.39 is 30.1 Å². The lowest BCUT2D eigenvalue weighted by atomic mass is 10.2. The summed E-state index contributed by atoms with van der Waals surface area (Å²) in [4.78, 5) is -0.848. The maximum absolute atomic E-state index is 12.4. The molecular formula is C11H12F3NO4S2. The van der Waals surface area contributed by atoms with Crippen LogP contribution in [-0.2, 0) is 19.7 Å². The van der Waals surface area contributed by atoms with Crippen LogP contribution >= 0.6 is 0 Å². The van der Waals surface area contributed by atoms with Crippen molar-refractivity contribution in [2.45, 2.75) is 22.9 Å². The third-order valence-electron chi connectivity index (χ3n) is 3.07. The molecule has 1 saturated heterocycles. The molecule has 1 unspecified atom stereocenters. The van der Waals surface area contributed by atoms with Crippen LogP contribution in [0.2, 0.25) is 0 Å². The molecule has 1 heterocycles. The van der Waals surface area contributed by atoms with E-state index in [4.69, 9.17) is 0 Å². The number of sulfone groups is 2. The number of anilines is 1. The van der Waals surface area contributed by atoms with Gasteiger partial charge in [0.2, 0.25) is 0 Å². The summed E-state index contributed by atoms with van der Waals surface area (Å²) in [5.74, 6) is 0.0147. The Hall–Kier alpha value is -1.29. The normalized spacial score (nSPS) is 22.1. The van der Waals surface area contributed by atoms with E-state index in [1.54, 1.807) is 0 Å². The Labute approximate surface area is 120 Å². The quantitative estimate of drug-likeness (QED) is 0.901. The molecule has 0 amide bonds. The van der Waals surface area contributed by atoms with Crippen molar-refractivity contribution in [3.8, 4) is 0 Å². The predicted molar refractivity (Wildman–Crippen MR) is 70.4 cm³/mol. The van der Waals surface area contributed by atoms with Crippen molar-refractivity contribution in [1.29, 1.82) is 0 Å². The summed E-state index contributed by atoms with van der Waals surface area (Å²) in [6.07, 6.45) is 0.408. The fourth-order valence-corrected chi connectivity index (χ4v) is 4.44. The van der Waals surface area contributed by atoms with Crippen molar-refractivity contribution in [2.75, 3.05) is 16.8 Å². The topological polar surface area (TPSA) is 80.3 Å². The van der Waals surface area contributed by atoms with Crippen LogP contribution in [0.5, 0.6) is 0 Å². The van der Waals surface area contributed by atoms with Gasteiger partial charge in [0.1, 0.15) is 0 Å². The Bertz CT molecular complexity index is 724. The van der Waals surface area contributed by atoms with E-state index in [2.05, 4.69) is 5.32 Å². The van der Waals surface area contributed by atoms with Crippen molar-refractivity contribution in [2.24, 2.45) is 0 Å². The van der Waals surface area contributed by atoms with Gasteiger partial charge in [0, 0.05) is 11.7 Å². The second kappa shape index (κ2) is 5.16. The number of benzene rings is 1. The van der Waals surface area contributed by atoms with E-state index in [9.17, 15) is 30.0 Å². The molecule has 0 aliphatic carbocycles. The lowest BCUT2D eigenvalue weighted by Crippen LogP contribution is -2.23. The number of rotatable bonds is 3. The Morgan fingerprint density at radius 3 is 2.14 bits per heavy atom. The first kappa shape index (κ1) is 16.1. The zero-order valence-corrected chi connectivity index (χ0v) is 12.2. The lowest BCUT2D eigenvalue weighted by Gasteiger charge is -2.13. The van der Waals surface area contributed by atoms with Gasteiger partial charge in [-0.1, -0.05) is 0 Å². The summed E-state index contributed by atoms with van der Waals surface area (Å²) in [6, 6.07) is 3.73.